The van der Waals surface area contributed by atoms with E-state index in [1.54, 1.807) is 37.4 Å². The fourth-order valence-corrected chi connectivity index (χ4v) is 5.37. The van der Waals surface area contributed by atoms with E-state index in [9.17, 15) is 13.2 Å². The van der Waals surface area contributed by atoms with Crippen molar-refractivity contribution in [3.8, 4) is 5.75 Å². The smallest absolute Gasteiger partial charge is 0.252 e. The fourth-order valence-electron chi connectivity index (χ4n) is 3.47. The molecule has 0 spiro atoms. The number of ether oxygens (including phenoxy) is 1. The summed E-state index contributed by atoms with van der Waals surface area (Å²) in [6, 6.07) is 22.5. The number of rotatable bonds is 7. The quantitative estimate of drug-likeness (QED) is 0.430. The van der Waals surface area contributed by atoms with Crippen LogP contribution in [0.4, 0.5) is 0 Å². The van der Waals surface area contributed by atoms with Crippen molar-refractivity contribution >= 4 is 32.5 Å². The van der Waals surface area contributed by atoms with Crippen molar-refractivity contribution in [3.63, 3.8) is 0 Å². The zero-order valence-corrected chi connectivity index (χ0v) is 18.9. The van der Waals surface area contributed by atoms with Crippen molar-refractivity contribution in [1.29, 1.82) is 0 Å². The average molecular weight is 469 g/mol. The maximum atomic E-state index is 13.5. The summed E-state index contributed by atoms with van der Waals surface area (Å²) in [6.07, 6.45) is 0. The van der Waals surface area contributed by atoms with E-state index in [-0.39, 0.29) is 28.6 Å². The third-order valence-electron chi connectivity index (χ3n) is 5.13. The van der Waals surface area contributed by atoms with Crippen molar-refractivity contribution in [1.82, 2.24) is 9.29 Å². The van der Waals surface area contributed by atoms with Crippen LogP contribution in [-0.2, 0) is 23.1 Å². The largest absolute Gasteiger partial charge is 0.497 e. The van der Waals surface area contributed by atoms with Gasteiger partial charge in [-0.3, -0.25) is 4.79 Å². The van der Waals surface area contributed by atoms with Gasteiger partial charge in [0.2, 0.25) is 10.0 Å². The van der Waals surface area contributed by atoms with Gasteiger partial charge in [0, 0.05) is 24.7 Å². The normalized spacial score (nSPS) is 11.7. The van der Waals surface area contributed by atoms with Crippen LogP contribution in [-0.4, -0.2) is 24.8 Å². The highest BCUT2D eigenvalue weighted by Gasteiger charge is 2.28. The highest BCUT2D eigenvalue weighted by molar-refractivity contribution is 7.89. The van der Waals surface area contributed by atoms with Crippen LogP contribution in [0.15, 0.2) is 88.6 Å². The van der Waals surface area contributed by atoms with Crippen LogP contribution in [0.2, 0.25) is 5.02 Å². The van der Waals surface area contributed by atoms with Crippen LogP contribution < -0.4 is 10.3 Å². The minimum Gasteiger partial charge on any atom is -0.497 e. The van der Waals surface area contributed by atoms with Gasteiger partial charge in [-0.1, -0.05) is 54.1 Å². The van der Waals surface area contributed by atoms with Crippen LogP contribution in [0.25, 0.3) is 10.9 Å². The highest BCUT2D eigenvalue weighted by atomic mass is 35.5. The zero-order valence-electron chi connectivity index (χ0n) is 17.3. The van der Waals surface area contributed by atoms with E-state index in [2.05, 4.69) is 4.98 Å². The molecule has 0 aliphatic carbocycles. The molecule has 8 heteroatoms. The summed E-state index contributed by atoms with van der Waals surface area (Å²) in [7, 11) is -2.43. The van der Waals surface area contributed by atoms with Gasteiger partial charge < -0.3 is 9.72 Å². The van der Waals surface area contributed by atoms with Crippen molar-refractivity contribution in [2.24, 2.45) is 0 Å². The molecule has 0 fully saturated rings. The number of benzene rings is 3. The molecule has 0 unspecified atom stereocenters. The van der Waals surface area contributed by atoms with Crippen molar-refractivity contribution in [3.05, 3.63) is 105 Å². The van der Waals surface area contributed by atoms with Crippen LogP contribution in [0.3, 0.4) is 0 Å². The topological polar surface area (TPSA) is 79.5 Å². The summed E-state index contributed by atoms with van der Waals surface area (Å²) < 4.78 is 33.5. The molecular formula is C24H21ClN2O4S. The first kappa shape index (κ1) is 22.1. The molecule has 32 heavy (non-hydrogen) atoms. The summed E-state index contributed by atoms with van der Waals surface area (Å²) >= 11 is 6.21. The summed E-state index contributed by atoms with van der Waals surface area (Å²) in [5.41, 5.74) is 1.37. The second-order valence-electron chi connectivity index (χ2n) is 7.27. The van der Waals surface area contributed by atoms with Crippen LogP contribution in [0.1, 0.15) is 11.1 Å². The number of nitrogens with zero attached hydrogens (tertiary/aromatic N) is 1. The monoisotopic (exact) mass is 468 g/mol. The van der Waals surface area contributed by atoms with E-state index in [0.29, 0.717) is 16.8 Å². The average Bonchev–Trinajstić information content (AvgIpc) is 2.79. The number of pyridine rings is 1. The number of hydrogen-bond acceptors (Lipinski definition) is 4. The maximum absolute atomic E-state index is 13.5. The maximum Gasteiger partial charge on any atom is 0.252 e. The number of H-pyrrole nitrogens is 1. The Kier molecular flexibility index (Phi) is 6.32. The van der Waals surface area contributed by atoms with Gasteiger partial charge in [0.1, 0.15) is 10.6 Å². The van der Waals surface area contributed by atoms with Crippen LogP contribution in [0, 0.1) is 0 Å². The molecule has 4 aromatic rings. The SMILES string of the molecule is COc1ccc2cc(CN(Cc3ccccc3)S(=O)(=O)c3ccccc3Cl)c(=O)[nH]c2c1. The minimum absolute atomic E-state index is 0.000415. The molecule has 1 aromatic heterocycles. The Morgan fingerprint density at radius 3 is 2.38 bits per heavy atom. The standard InChI is InChI=1S/C24H21ClN2O4S/c1-31-20-12-11-18-13-19(24(28)26-22(18)14-20)16-27(15-17-7-3-2-4-8-17)32(29,30)23-10-6-5-9-21(23)25/h2-14H,15-16H2,1H3,(H,26,28). The fraction of sp³-hybridized carbons (Fsp3) is 0.125. The molecule has 0 saturated carbocycles. The third-order valence-corrected chi connectivity index (χ3v) is 7.42. The van der Waals surface area contributed by atoms with Crippen molar-refractivity contribution < 1.29 is 13.2 Å². The van der Waals surface area contributed by atoms with Gasteiger partial charge in [-0.05, 0) is 41.3 Å². The molecule has 1 N–H and O–H groups in total. The van der Waals surface area contributed by atoms with E-state index >= 15 is 0 Å². The van der Waals surface area contributed by atoms with Crippen LogP contribution in [0.5, 0.6) is 5.75 Å². The summed E-state index contributed by atoms with van der Waals surface area (Å²) in [5, 5.41) is 0.903. The molecule has 0 bridgehead atoms. The first-order chi connectivity index (χ1) is 15.4. The van der Waals surface area contributed by atoms with Gasteiger partial charge in [0.05, 0.1) is 17.6 Å². The molecule has 6 nitrogen and oxygen atoms in total. The molecule has 0 saturated heterocycles. The van der Waals surface area contributed by atoms with E-state index in [1.165, 1.54) is 16.4 Å². The lowest BCUT2D eigenvalue weighted by atomic mass is 10.1. The summed E-state index contributed by atoms with van der Waals surface area (Å²) in [4.78, 5) is 15.6. The number of aromatic amines is 1. The Labute approximate surface area is 191 Å². The lowest BCUT2D eigenvalue weighted by Gasteiger charge is -2.23. The second-order valence-corrected chi connectivity index (χ2v) is 9.58. The van der Waals surface area contributed by atoms with Gasteiger partial charge in [-0.15, -0.1) is 0 Å². The first-order valence-electron chi connectivity index (χ1n) is 9.87. The number of aromatic nitrogens is 1. The number of hydrogen-bond donors (Lipinski definition) is 1. The Morgan fingerprint density at radius 2 is 1.66 bits per heavy atom. The summed E-state index contributed by atoms with van der Waals surface area (Å²) in [5.74, 6) is 0.618. The molecule has 3 aromatic carbocycles. The summed E-state index contributed by atoms with van der Waals surface area (Å²) in [6.45, 7) is -0.0196. The minimum atomic E-state index is -3.98. The lowest BCUT2D eigenvalue weighted by Crippen LogP contribution is -2.32. The molecule has 164 valence electrons. The zero-order chi connectivity index (χ0) is 22.7. The molecule has 4 rings (SSSR count). The number of halogens is 1. The van der Waals surface area contributed by atoms with E-state index < -0.39 is 10.0 Å². The number of fused-ring (bicyclic) bond motifs is 1. The van der Waals surface area contributed by atoms with E-state index in [0.717, 1.165) is 10.9 Å². The molecule has 0 atom stereocenters. The Balaban J connectivity index is 1.78. The Morgan fingerprint density at radius 1 is 0.938 bits per heavy atom. The predicted octanol–water partition coefficient (Wildman–Crippen LogP) is 4.58. The molecule has 0 aliphatic rings. The van der Waals surface area contributed by atoms with Crippen molar-refractivity contribution in [2.45, 2.75) is 18.0 Å². The number of sulfonamides is 1. The number of methoxy groups -OCH3 is 1. The van der Waals surface area contributed by atoms with Crippen molar-refractivity contribution in [2.75, 3.05) is 7.11 Å². The van der Waals surface area contributed by atoms with Gasteiger partial charge in [-0.2, -0.15) is 4.31 Å². The van der Waals surface area contributed by atoms with Gasteiger partial charge in [-0.25, -0.2) is 8.42 Å². The first-order valence-corrected chi connectivity index (χ1v) is 11.7. The molecule has 0 aliphatic heterocycles. The highest BCUT2D eigenvalue weighted by Crippen LogP contribution is 2.27. The Hall–Kier alpha value is -3.13. The predicted molar refractivity (Wildman–Crippen MR) is 125 cm³/mol. The molecule has 1 heterocycles. The Bertz CT molecular complexity index is 1420. The lowest BCUT2D eigenvalue weighted by molar-refractivity contribution is 0.400. The second kappa shape index (κ2) is 9.16. The third kappa shape index (κ3) is 4.55. The number of nitrogens with one attached hydrogen (secondary N) is 1. The molecule has 0 amide bonds. The van der Waals surface area contributed by atoms with E-state index in [1.807, 2.05) is 36.4 Å². The molecular weight excluding hydrogens is 448 g/mol. The van der Waals surface area contributed by atoms with Gasteiger partial charge in [0.15, 0.2) is 0 Å². The molecule has 0 radical (unpaired) electrons. The van der Waals surface area contributed by atoms with Crippen LogP contribution >= 0.6 is 11.6 Å². The van der Waals surface area contributed by atoms with Gasteiger partial charge in [0.25, 0.3) is 5.56 Å². The van der Waals surface area contributed by atoms with E-state index in [4.69, 9.17) is 16.3 Å². The van der Waals surface area contributed by atoms with Gasteiger partial charge >= 0.3 is 0 Å².